The van der Waals surface area contributed by atoms with Gasteiger partial charge in [0.05, 0.1) is 0 Å². The van der Waals surface area contributed by atoms with Gasteiger partial charge in [-0.3, -0.25) is 0 Å². The summed E-state index contributed by atoms with van der Waals surface area (Å²) in [5, 5.41) is 10.8. The van der Waals surface area contributed by atoms with Crippen LogP contribution in [0.4, 0.5) is 9.59 Å². The summed E-state index contributed by atoms with van der Waals surface area (Å²) in [6.07, 6.45) is 2.05. The van der Waals surface area contributed by atoms with Crippen molar-refractivity contribution < 1.29 is 24.2 Å². The van der Waals surface area contributed by atoms with Gasteiger partial charge in [0, 0.05) is 19.1 Å². The molecule has 0 aliphatic carbocycles. The molecule has 2 rings (SSSR count). The third-order valence-electron chi connectivity index (χ3n) is 5.68. The average molecular weight is 499 g/mol. The molecule has 3 amide bonds. The number of aromatic hydroxyl groups is 1. The number of imide groups is 1. The molecule has 36 heavy (non-hydrogen) atoms. The van der Waals surface area contributed by atoms with E-state index in [0.717, 1.165) is 18.4 Å². The second kappa shape index (κ2) is 13.8. The molecule has 0 aromatic heterocycles. The lowest BCUT2D eigenvalue weighted by molar-refractivity contribution is 0.0216. The number of ether oxygens (including phenoxy) is 2. The Hall–Kier alpha value is -3.22. The van der Waals surface area contributed by atoms with E-state index in [0.29, 0.717) is 43.9 Å². The van der Waals surface area contributed by atoms with Crippen LogP contribution in [0, 0.1) is 0 Å². The molecular weight excluding hydrogens is 456 g/mol. The van der Waals surface area contributed by atoms with Crippen molar-refractivity contribution in [3.05, 3.63) is 59.7 Å². The third-order valence-corrected chi connectivity index (χ3v) is 5.68. The van der Waals surface area contributed by atoms with E-state index in [-0.39, 0.29) is 17.8 Å². The smallest absolute Gasteiger partial charge is 0.418 e. The highest BCUT2D eigenvalue weighted by atomic mass is 16.6. The zero-order chi connectivity index (χ0) is 26.7. The van der Waals surface area contributed by atoms with Crippen LogP contribution in [0.15, 0.2) is 48.5 Å². The van der Waals surface area contributed by atoms with E-state index in [9.17, 15) is 14.7 Å². The van der Waals surface area contributed by atoms with Crippen LogP contribution in [0.1, 0.15) is 71.9 Å². The maximum atomic E-state index is 13.6. The fraction of sp³-hybridized carbons (Fsp3) is 0.517. The fourth-order valence-electron chi connectivity index (χ4n) is 3.91. The van der Waals surface area contributed by atoms with E-state index < -0.39 is 11.7 Å². The van der Waals surface area contributed by atoms with E-state index >= 15 is 0 Å². The summed E-state index contributed by atoms with van der Waals surface area (Å²) in [6.45, 7) is 12.4. The van der Waals surface area contributed by atoms with Crippen molar-refractivity contribution in [3.63, 3.8) is 0 Å². The van der Waals surface area contributed by atoms with Crippen molar-refractivity contribution in [1.82, 2.24) is 9.80 Å². The zero-order valence-corrected chi connectivity index (χ0v) is 22.6. The molecule has 2 aromatic rings. The second-order valence-electron chi connectivity index (χ2n) is 10.0. The first-order chi connectivity index (χ1) is 17.1. The average Bonchev–Trinajstić information content (AvgIpc) is 2.81. The van der Waals surface area contributed by atoms with Gasteiger partial charge in [-0.15, -0.1) is 0 Å². The summed E-state index contributed by atoms with van der Waals surface area (Å²) < 4.78 is 11.4. The molecule has 0 saturated carbocycles. The Morgan fingerprint density at radius 2 is 1.67 bits per heavy atom. The van der Waals surface area contributed by atoms with Crippen molar-refractivity contribution in [3.8, 4) is 11.5 Å². The molecule has 0 aliphatic heterocycles. The van der Waals surface area contributed by atoms with Gasteiger partial charge < -0.3 is 19.5 Å². The van der Waals surface area contributed by atoms with E-state index in [1.54, 1.807) is 31.7 Å². The van der Waals surface area contributed by atoms with Crippen LogP contribution in [0.3, 0.4) is 0 Å². The minimum absolute atomic E-state index is 0.0701. The molecule has 0 bridgehead atoms. The van der Waals surface area contributed by atoms with Gasteiger partial charge in [-0.2, -0.15) is 0 Å². The van der Waals surface area contributed by atoms with Crippen LogP contribution in [-0.4, -0.2) is 51.8 Å². The quantitative estimate of drug-likeness (QED) is 0.370. The highest BCUT2D eigenvalue weighted by molar-refractivity contribution is 5.91. The minimum atomic E-state index is -0.705. The van der Waals surface area contributed by atoms with Gasteiger partial charge in [0.25, 0.3) is 0 Å². The number of benzene rings is 2. The summed E-state index contributed by atoms with van der Waals surface area (Å²) in [5.41, 5.74) is 0.980. The first-order valence-corrected chi connectivity index (χ1v) is 12.9. The molecule has 1 atom stereocenters. The van der Waals surface area contributed by atoms with Crippen LogP contribution in [0.5, 0.6) is 11.5 Å². The predicted octanol–water partition coefficient (Wildman–Crippen LogP) is 6.77. The third kappa shape index (κ3) is 8.77. The van der Waals surface area contributed by atoms with Gasteiger partial charge >= 0.3 is 12.1 Å². The van der Waals surface area contributed by atoms with Gasteiger partial charge in [-0.05, 0) is 64.2 Å². The molecule has 0 radical (unpaired) electrons. The molecule has 7 nitrogen and oxygen atoms in total. The Balaban J connectivity index is 2.16. The highest BCUT2D eigenvalue weighted by Crippen LogP contribution is 2.31. The van der Waals surface area contributed by atoms with Crippen molar-refractivity contribution in [2.75, 3.05) is 13.1 Å². The lowest BCUT2D eigenvalue weighted by Gasteiger charge is -2.34. The largest absolute Gasteiger partial charge is 0.504 e. The standard InChI is InChI=1S/C29H42N2O5/c1-7-13-22(3)31(28(34)36-29(4,5)6)27(33)30(19-8-2)20-18-24-16-12-17-25(26(24)32)35-21-23-14-10-9-11-15-23/h9-12,14-17,22,32H,7-8,13,18-21H2,1-6H3/t22-/m0/s1. The first-order valence-electron chi connectivity index (χ1n) is 12.9. The number of carbonyl (C=O) groups is 2. The number of hydrogen-bond acceptors (Lipinski definition) is 5. The number of phenolic OH excluding ortho intramolecular Hbond substituents is 1. The highest BCUT2D eigenvalue weighted by Gasteiger charge is 2.33. The number of amides is 3. The first kappa shape index (κ1) is 29.0. The number of nitrogens with zero attached hydrogens (tertiary/aromatic N) is 2. The number of rotatable bonds is 11. The predicted molar refractivity (Wildman–Crippen MR) is 142 cm³/mol. The van der Waals surface area contributed by atoms with E-state index in [2.05, 4.69) is 0 Å². The number of hydrogen-bond donors (Lipinski definition) is 1. The Bertz CT molecular complexity index is 971. The monoisotopic (exact) mass is 498 g/mol. The summed E-state index contributed by atoms with van der Waals surface area (Å²) >= 11 is 0. The molecule has 0 heterocycles. The Kier molecular flexibility index (Phi) is 11.1. The van der Waals surface area contributed by atoms with Crippen LogP contribution < -0.4 is 4.74 Å². The topological polar surface area (TPSA) is 79.3 Å². The number of para-hydroxylation sites is 1. The zero-order valence-electron chi connectivity index (χ0n) is 22.6. The van der Waals surface area contributed by atoms with Gasteiger partial charge in [-0.1, -0.05) is 62.7 Å². The molecule has 0 fully saturated rings. The van der Waals surface area contributed by atoms with Gasteiger partial charge in [-0.25, -0.2) is 14.5 Å². The minimum Gasteiger partial charge on any atom is -0.504 e. The van der Waals surface area contributed by atoms with E-state index in [1.807, 2.05) is 63.2 Å². The SMILES string of the molecule is CCC[C@H](C)N(C(=O)OC(C)(C)C)C(=O)N(CCC)CCc1cccc(OCc2ccccc2)c1O. The van der Waals surface area contributed by atoms with Crippen LogP contribution >= 0.6 is 0 Å². The molecule has 2 aromatic carbocycles. The molecule has 0 aliphatic rings. The Morgan fingerprint density at radius 3 is 2.28 bits per heavy atom. The summed E-state index contributed by atoms with van der Waals surface area (Å²) in [5.74, 6) is 0.470. The van der Waals surface area contributed by atoms with Crippen LogP contribution in [-0.2, 0) is 17.8 Å². The molecule has 1 N–H and O–H groups in total. The van der Waals surface area contributed by atoms with Crippen molar-refractivity contribution >= 4 is 12.1 Å². The summed E-state index contributed by atoms with van der Waals surface area (Å²) in [6, 6.07) is 14.5. The summed E-state index contributed by atoms with van der Waals surface area (Å²) in [4.78, 5) is 29.5. The van der Waals surface area contributed by atoms with Crippen molar-refractivity contribution in [2.45, 2.75) is 85.5 Å². The van der Waals surface area contributed by atoms with E-state index in [1.165, 1.54) is 4.90 Å². The number of phenols is 1. The van der Waals surface area contributed by atoms with Gasteiger partial charge in [0.15, 0.2) is 11.5 Å². The lowest BCUT2D eigenvalue weighted by Crippen LogP contribution is -2.52. The fourth-order valence-corrected chi connectivity index (χ4v) is 3.91. The Labute approximate surface area is 216 Å². The maximum absolute atomic E-state index is 13.6. The number of urea groups is 1. The van der Waals surface area contributed by atoms with Gasteiger partial charge in [0.1, 0.15) is 12.2 Å². The lowest BCUT2D eigenvalue weighted by atomic mass is 10.1. The van der Waals surface area contributed by atoms with Crippen LogP contribution in [0.2, 0.25) is 0 Å². The van der Waals surface area contributed by atoms with E-state index in [4.69, 9.17) is 9.47 Å². The maximum Gasteiger partial charge on any atom is 0.418 e. The normalized spacial score (nSPS) is 12.1. The van der Waals surface area contributed by atoms with Crippen LogP contribution in [0.25, 0.3) is 0 Å². The molecule has 0 spiro atoms. The van der Waals surface area contributed by atoms with Crippen molar-refractivity contribution in [1.29, 1.82) is 0 Å². The Morgan fingerprint density at radius 1 is 0.972 bits per heavy atom. The molecule has 0 saturated heterocycles. The van der Waals surface area contributed by atoms with Gasteiger partial charge in [0.2, 0.25) is 0 Å². The molecule has 0 unspecified atom stereocenters. The number of carbonyl (C=O) groups excluding carboxylic acids is 2. The summed E-state index contributed by atoms with van der Waals surface area (Å²) in [7, 11) is 0. The second-order valence-corrected chi connectivity index (χ2v) is 10.0. The molecular formula is C29H42N2O5. The van der Waals surface area contributed by atoms with Crippen molar-refractivity contribution in [2.24, 2.45) is 0 Å². The molecule has 198 valence electrons. The molecule has 7 heteroatoms.